The van der Waals surface area contributed by atoms with Gasteiger partial charge in [0.25, 0.3) is 0 Å². The Kier molecular flexibility index (Phi) is 8.02. The Morgan fingerprint density at radius 2 is 2.08 bits per heavy atom. The predicted molar refractivity (Wildman–Crippen MR) is 91.7 cm³/mol. The van der Waals surface area contributed by atoms with Crippen LogP contribution in [0.25, 0.3) is 0 Å². The van der Waals surface area contributed by atoms with Crippen molar-refractivity contribution in [3.63, 3.8) is 0 Å². The Bertz CT molecular complexity index is 582. The van der Waals surface area contributed by atoms with Gasteiger partial charge < -0.3 is 15.8 Å². The zero-order valence-corrected chi connectivity index (χ0v) is 14.9. The van der Waals surface area contributed by atoms with Gasteiger partial charge in [-0.3, -0.25) is 4.79 Å². The summed E-state index contributed by atoms with van der Waals surface area (Å²) in [5.74, 6) is 0.128. The molecule has 0 saturated heterocycles. The van der Waals surface area contributed by atoms with E-state index < -0.39 is 12.8 Å². The number of carbonyl (C=O) groups is 1. The zero-order chi connectivity index (χ0) is 17.7. The lowest BCUT2D eigenvalue weighted by molar-refractivity contribution is -0.153. The van der Waals surface area contributed by atoms with Crippen LogP contribution in [0.5, 0.6) is 5.75 Å². The summed E-state index contributed by atoms with van der Waals surface area (Å²) >= 11 is 0. The molecule has 8 heteroatoms. The maximum absolute atomic E-state index is 12.4. The van der Waals surface area contributed by atoms with E-state index in [1.54, 1.807) is 25.1 Å². The minimum absolute atomic E-state index is 0. The summed E-state index contributed by atoms with van der Waals surface area (Å²) in [5.41, 5.74) is 7.00. The number of hydrogen-bond acceptors (Lipinski definition) is 3. The SMILES string of the molecule is Cc1ccc(CNC(=O)[C@@H]2CCC[C@@H]2CN)c(OCC(F)(F)F)c1.Cl. The number of amides is 1. The average Bonchev–Trinajstić information content (AvgIpc) is 2.99. The van der Waals surface area contributed by atoms with Crippen LogP contribution in [-0.4, -0.2) is 25.2 Å². The standard InChI is InChI=1S/C17H23F3N2O2.ClH/c1-11-5-6-13(15(7-11)24-10-17(18,19)20)9-22-16(23)14-4-2-3-12(14)8-21;/h5-7,12,14H,2-4,8-10,21H2,1H3,(H,22,23);1H/t12-,14-;/m1./s1. The van der Waals surface area contributed by atoms with Crippen LogP contribution in [-0.2, 0) is 11.3 Å². The van der Waals surface area contributed by atoms with Crippen LogP contribution in [0.4, 0.5) is 13.2 Å². The lowest BCUT2D eigenvalue weighted by Gasteiger charge is -2.18. The summed E-state index contributed by atoms with van der Waals surface area (Å²) in [6, 6.07) is 5.00. The van der Waals surface area contributed by atoms with Crippen molar-refractivity contribution in [2.24, 2.45) is 17.6 Å². The number of hydrogen-bond donors (Lipinski definition) is 2. The molecule has 2 rings (SSSR count). The highest BCUT2D eigenvalue weighted by Crippen LogP contribution is 2.31. The van der Waals surface area contributed by atoms with Crippen molar-refractivity contribution in [3.05, 3.63) is 29.3 Å². The van der Waals surface area contributed by atoms with Gasteiger partial charge in [-0.2, -0.15) is 13.2 Å². The van der Waals surface area contributed by atoms with E-state index in [4.69, 9.17) is 10.5 Å². The molecule has 0 radical (unpaired) electrons. The topological polar surface area (TPSA) is 64.4 Å². The van der Waals surface area contributed by atoms with Gasteiger partial charge in [0.1, 0.15) is 5.75 Å². The summed E-state index contributed by atoms with van der Waals surface area (Å²) in [7, 11) is 0. The molecule has 1 aliphatic rings. The van der Waals surface area contributed by atoms with E-state index in [9.17, 15) is 18.0 Å². The van der Waals surface area contributed by atoms with E-state index in [2.05, 4.69) is 5.32 Å². The third-order valence-electron chi connectivity index (χ3n) is 4.37. The molecule has 0 unspecified atom stereocenters. The van der Waals surface area contributed by atoms with Gasteiger partial charge in [0.15, 0.2) is 6.61 Å². The second kappa shape index (κ2) is 9.29. The number of aryl methyl sites for hydroxylation is 1. The summed E-state index contributed by atoms with van der Waals surface area (Å²) in [5, 5.41) is 2.81. The number of benzene rings is 1. The van der Waals surface area contributed by atoms with Gasteiger partial charge in [-0.15, -0.1) is 12.4 Å². The maximum Gasteiger partial charge on any atom is 0.422 e. The molecule has 0 aromatic heterocycles. The maximum atomic E-state index is 12.4. The molecule has 3 N–H and O–H groups in total. The van der Waals surface area contributed by atoms with Crippen LogP contribution in [0.15, 0.2) is 18.2 Å². The van der Waals surface area contributed by atoms with E-state index in [1.165, 1.54) is 0 Å². The molecule has 25 heavy (non-hydrogen) atoms. The Morgan fingerprint density at radius 1 is 1.36 bits per heavy atom. The van der Waals surface area contributed by atoms with Gasteiger partial charge in [-0.25, -0.2) is 0 Å². The number of nitrogens with one attached hydrogen (secondary N) is 1. The average molecular weight is 381 g/mol. The first-order valence-electron chi connectivity index (χ1n) is 8.07. The van der Waals surface area contributed by atoms with Crippen molar-refractivity contribution < 1.29 is 22.7 Å². The van der Waals surface area contributed by atoms with Gasteiger partial charge in [-0.05, 0) is 43.9 Å². The quantitative estimate of drug-likeness (QED) is 0.795. The first kappa shape index (κ1) is 21.6. The first-order valence-corrected chi connectivity index (χ1v) is 8.07. The molecule has 0 aliphatic heterocycles. The van der Waals surface area contributed by atoms with Crippen molar-refractivity contribution in [1.82, 2.24) is 5.32 Å². The summed E-state index contributed by atoms with van der Waals surface area (Å²) in [6.07, 6.45) is -1.68. The number of carbonyl (C=O) groups excluding carboxylic acids is 1. The van der Waals surface area contributed by atoms with Crippen LogP contribution >= 0.6 is 12.4 Å². The molecule has 1 aromatic rings. The van der Waals surface area contributed by atoms with Crippen molar-refractivity contribution in [2.75, 3.05) is 13.2 Å². The van der Waals surface area contributed by atoms with Gasteiger partial charge in [0, 0.05) is 18.0 Å². The second-order valence-corrected chi connectivity index (χ2v) is 6.27. The van der Waals surface area contributed by atoms with Crippen LogP contribution in [0.2, 0.25) is 0 Å². The molecule has 1 amide bonds. The highest BCUT2D eigenvalue weighted by atomic mass is 35.5. The normalized spacial score (nSPS) is 20.0. The van der Waals surface area contributed by atoms with E-state index in [-0.39, 0.29) is 42.4 Å². The van der Waals surface area contributed by atoms with Crippen molar-refractivity contribution in [1.29, 1.82) is 0 Å². The summed E-state index contributed by atoms with van der Waals surface area (Å²) in [4.78, 5) is 12.3. The lowest BCUT2D eigenvalue weighted by atomic mass is 9.95. The van der Waals surface area contributed by atoms with Crippen LogP contribution in [0, 0.1) is 18.8 Å². The van der Waals surface area contributed by atoms with Gasteiger partial charge in [0.05, 0.1) is 0 Å². The molecule has 1 aromatic carbocycles. The van der Waals surface area contributed by atoms with Gasteiger partial charge in [0.2, 0.25) is 5.91 Å². The Labute approximate surface area is 151 Å². The van der Waals surface area contributed by atoms with Crippen molar-refractivity contribution in [3.8, 4) is 5.75 Å². The fourth-order valence-electron chi connectivity index (χ4n) is 3.08. The largest absolute Gasteiger partial charge is 0.484 e. The monoisotopic (exact) mass is 380 g/mol. The fourth-order valence-corrected chi connectivity index (χ4v) is 3.08. The minimum atomic E-state index is -4.40. The molecule has 4 nitrogen and oxygen atoms in total. The molecule has 2 atom stereocenters. The van der Waals surface area contributed by atoms with E-state index in [0.717, 1.165) is 24.8 Å². The summed E-state index contributed by atoms with van der Waals surface area (Å²) < 4.78 is 42.0. The van der Waals surface area contributed by atoms with E-state index in [0.29, 0.717) is 12.1 Å². The van der Waals surface area contributed by atoms with Gasteiger partial charge >= 0.3 is 6.18 Å². The smallest absolute Gasteiger partial charge is 0.422 e. The molecule has 0 bridgehead atoms. The molecule has 1 fully saturated rings. The predicted octanol–water partition coefficient (Wildman–Crippen LogP) is 3.35. The third kappa shape index (κ3) is 6.40. The zero-order valence-electron chi connectivity index (χ0n) is 14.1. The number of rotatable bonds is 6. The Morgan fingerprint density at radius 3 is 2.72 bits per heavy atom. The van der Waals surface area contributed by atoms with E-state index in [1.807, 2.05) is 0 Å². The molecule has 0 spiro atoms. The van der Waals surface area contributed by atoms with Crippen LogP contribution in [0.1, 0.15) is 30.4 Å². The minimum Gasteiger partial charge on any atom is -0.484 e. The molecule has 1 saturated carbocycles. The van der Waals surface area contributed by atoms with Crippen molar-refractivity contribution >= 4 is 18.3 Å². The number of nitrogens with two attached hydrogens (primary N) is 1. The fraction of sp³-hybridized carbons (Fsp3) is 0.588. The Balaban J connectivity index is 0.00000312. The third-order valence-corrected chi connectivity index (χ3v) is 4.37. The van der Waals surface area contributed by atoms with Crippen molar-refractivity contribution in [2.45, 2.75) is 38.9 Å². The highest BCUT2D eigenvalue weighted by molar-refractivity contribution is 5.85. The number of alkyl halides is 3. The van der Waals surface area contributed by atoms with Gasteiger partial charge in [-0.1, -0.05) is 18.6 Å². The molecule has 142 valence electrons. The highest BCUT2D eigenvalue weighted by Gasteiger charge is 2.32. The molecular formula is C17H24ClF3N2O2. The van der Waals surface area contributed by atoms with Crippen LogP contribution < -0.4 is 15.8 Å². The van der Waals surface area contributed by atoms with E-state index >= 15 is 0 Å². The molecule has 1 aliphatic carbocycles. The van der Waals surface area contributed by atoms with Crippen LogP contribution in [0.3, 0.4) is 0 Å². The second-order valence-electron chi connectivity index (χ2n) is 6.27. The lowest BCUT2D eigenvalue weighted by Crippen LogP contribution is -2.34. The number of ether oxygens (including phenoxy) is 1. The molecule has 0 heterocycles. The Hall–Kier alpha value is -1.47. The number of halogens is 4. The summed E-state index contributed by atoms with van der Waals surface area (Å²) in [6.45, 7) is 1.03. The first-order chi connectivity index (χ1) is 11.3. The molecular weight excluding hydrogens is 357 g/mol.